The number of halogens is 4. The molecule has 0 saturated carbocycles. The zero-order valence-electron chi connectivity index (χ0n) is 7.48. The van der Waals surface area contributed by atoms with E-state index in [1.165, 1.54) is 4.31 Å². The molecule has 0 fully saturated rings. The molecule has 0 aliphatic carbocycles. The van der Waals surface area contributed by atoms with Crippen LogP contribution in [0.15, 0.2) is 12.1 Å². The molecule has 0 spiro atoms. The molecular weight excluding hydrogens is 230 g/mol. The Hall–Kier alpha value is -0.750. The quantitative estimate of drug-likeness (QED) is 0.536. The molecule has 1 aromatic rings. The van der Waals surface area contributed by atoms with Gasteiger partial charge in [0.1, 0.15) is 5.82 Å². The Morgan fingerprint density at radius 2 is 1.67 bits per heavy atom. The SMILES string of the molecule is Fc1cc2c(cc1C(F)(F)F)CN(S)C2. The second-order valence-corrected chi connectivity index (χ2v) is 3.99. The van der Waals surface area contributed by atoms with Crippen LogP contribution in [0.3, 0.4) is 0 Å². The van der Waals surface area contributed by atoms with Gasteiger partial charge in [-0.3, -0.25) is 0 Å². The van der Waals surface area contributed by atoms with E-state index >= 15 is 0 Å². The molecule has 0 N–H and O–H groups in total. The van der Waals surface area contributed by atoms with Gasteiger partial charge in [-0.05, 0) is 23.3 Å². The summed E-state index contributed by atoms with van der Waals surface area (Å²) >= 11 is 4.01. The molecule has 1 aromatic carbocycles. The van der Waals surface area contributed by atoms with E-state index in [1.54, 1.807) is 0 Å². The summed E-state index contributed by atoms with van der Waals surface area (Å²) < 4.78 is 51.7. The summed E-state index contributed by atoms with van der Waals surface area (Å²) in [5.74, 6) is -1.22. The first-order valence-corrected chi connectivity index (χ1v) is 4.60. The summed E-state index contributed by atoms with van der Waals surface area (Å²) in [5, 5.41) is 0. The molecule has 0 bridgehead atoms. The molecule has 1 aliphatic rings. The number of hydrogen-bond acceptors (Lipinski definition) is 2. The van der Waals surface area contributed by atoms with Crippen molar-refractivity contribution in [2.24, 2.45) is 0 Å². The number of hydrogen-bond donors (Lipinski definition) is 1. The Morgan fingerprint density at radius 3 is 2.20 bits per heavy atom. The molecule has 2 rings (SSSR count). The van der Waals surface area contributed by atoms with Crippen molar-refractivity contribution in [2.45, 2.75) is 19.3 Å². The average Bonchev–Trinajstić information content (AvgIpc) is 2.40. The Morgan fingerprint density at radius 1 is 1.13 bits per heavy atom. The topological polar surface area (TPSA) is 3.24 Å². The third-order valence-corrected chi connectivity index (χ3v) is 2.58. The highest BCUT2D eigenvalue weighted by atomic mass is 32.1. The van der Waals surface area contributed by atoms with Crippen LogP contribution < -0.4 is 0 Å². The summed E-state index contributed by atoms with van der Waals surface area (Å²) in [6, 6.07) is 1.80. The van der Waals surface area contributed by atoms with E-state index in [1.807, 2.05) is 0 Å². The van der Waals surface area contributed by atoms with Gasteiger partial charge in [0.05, 0.1) is 5.56 Å². The summed E-state index contributed by atoms with van der Waals surface area (Å²) in [6.07, 6.45) is -4.64. The van der Waals surface area contributed by atoms with E-state index in [9.17, 15) is 17.6 Å². The number of alkyl halides is 3. The van der Waals surface area contributed by atoms with Crippen molar-refractivity contribution < 1.29 is 17.6 Å². The number of thiol groups is 1. The Balaban J connectivity index is 2.49. The van der Waals surface area contributed by atoms with Crippen LogP contribution in [-0.4, -0.2) is 4.31 Å². The van der Waals surface area contributed by atoms with Gasteiger partial charge in [0.15, 0.2) is 0 Å². The summed E-state index contributed by atoms with van der Waals surface area (Å²) in [5.41, 5.74) is -0.154. The molecule has 15 heavy (non-hydrogen) atoms. The average molecular weight is 237 g/mol. The molecule has 0 saturated heterocycles. The summed E-state index contributed by atoms with van der Waals surface area (Å²) in [6.45, 7) is 0.676. The van der Waals surface area contributed by atoms with Crippen molar-refractivity contribution in [3.05, 3.63) is 34.6 Å². The fourth-order valence-electron chi connectivity index (χ4n) is 1.62. The Labute approximate surface area is 89.2 Å². The smallest absolute Gasteiger partial charge is 0.244 e. The minimum atomic E-state index is -4.64. The Bertz CT molecular complexity index is 402. The largest absolute Gasteiger partial charge is 0.419 e. The van der Waals surface area contributed by atoms with Crippen molar-refractivity contribution in [3.63, 3.8) is 0 Å². The number of fused-ring (bicyclic) bond motifs is 1. The van der Waals surface area contributed by atoms with E-state index in [0.29, 0.717) is 24.2 Å². The van der Waals surface area contributed by atoms with Crippen LogP contribution in [0, 0.1) is 5.82 Å². The van der Waals surface area contributed by atoms with Crippen LogP contribution in [0.25, 0.3) is 0 Å². The molecule has 1 aliphatic heterocycles. The molecule has 0 atom stereocenters. The van der Waals surface area contributed by atoms with Gasteiger partial charge < -0.3 is 0 Å². The van der Waals surface area contributed by atoms with Gasteiger partial charge in [-0.25, -0.2) is 8.70 Å². The summed E-state index contributed by atoms with van der Waals surface area (Å²) in [4.78, 5) is 0. The van der Waals surface area contributed by atoms with Crippen molar-refractivity contribution in [3.8, 4) is 0 Å². The standard InChI is InChI=1S/C9H7F4NS/c10-8-2-6-4-14(15)3-5(6)1-7(8)9(11,12)13/h1-2,15H,3-4H2. The van der Waals surface area contributed by atoms with E-state index < -0.39 is 17.6 Å². The van der Waals surface area contributed by atoms with Crippen LogP contribution in [0.4, 0.5) is 17.6 Å². The van der Waals surface area contributed by atoms with Gasteiger partial charge in [-0.1, -0.05) is 12.8 Å². The minimum absolute atomic E-state index is 0.307. The summed E-state index contributed by atoms with van der Waals surface area (Å²) in [7, 11) is 0. The van der Waals surface area contributed by atoms with Gasteiger partial charge in [0.2, 0.25) is 0 Å². The lowest BCUT2D eigenvalue weighted by Gasteiger charge is -2.09. The minimum Gasteiger partial charge on any atom is -0.244 e. The van der Waals surface area contributed by atoms with Crippen molar-refractivity contribution >= 4 is 12.8 Å². The highest BCUT2D eigenvalue weighted by molar-refractivity contribution is 7.77. The van der Waals surface area contributed by atoms with Gasteiger partial charge in [-0.15, -0.1) is 0 Å². The third-order valence-electron chi connectivity index (χ3n) is 2.30. The first-order valence-electron chi connectivity index (χ1n) is 4.20. The molecule has 0 aromatic heterocycles. The van der Waals surface area contributed by atoms with E-state index in [-0.39, 0.29) is 0 Å². The predicted octanol–water partition coefficient (Wildman–Crippen LogP) is 3.00. The van der Waals surface area contributed by atoms with Gasteiger partial charge in [0.25, 0.3) is 0 Å². The monoisotopic (exact) mass is 237 g/mol. The second-order valence-electron chi connectivity index (χ2n) is 3.42. The third kappa shape index (κ3) is 1.96. The van der Waals surface area contributed by atoms with Crippen LogP contribution in [0.5, 0.6) is 0 Å². The van der Waals surface area contributed by atoms with Gasteiger partial charge >= 0.3 is 6.18 Å². The zero-order valence-corrected chi connectivity index (χ0v) is 8.37. The maximum Gasteiger partial charge on any atom is 0.419 e. The first-order chi connectivity index (χ1) is 6.88. The van der Waals surface area contributed by atoms with E-state index in [0.717, 1.165) is 12.1 Å². The fourth-order valence-corrected chi connectivity index (χ4v) is 1.92. The van der Waals surface area contributed by atoms with Crippen LogP contribution in [-0.2, 0) is 19.3 Å². The normalized spacial score (nSPS) is 16.9. The number of nitrogens with zero attached hydrogens (tertiary/aromatic N) is 1. The van der Waals surface area contributed by atoms with E-state index in [2.05, 4.69) is 12.8 Å². The van der Waals surface area contributed by atoms with Crippen LogP contribution >= 0.6 is 12.8 Å². The maximum absolute atomic E-state index is 13.1. The lowest BCUT2D eigenvalue weighted by atomic mass is 10.1. The number of rotatable bonds is 0. The molecule has 0 unspecified atom stereocenters. The predicted molar refractivity (Wildman–Crippen MR) is 49.6 cm³/mol. The molecule has 1 nitrogen and oxygen atoms in total. The van der Waals surface area contributed by atoms with Gasteiger partial charge in [0, 0.05) is 13.1 Å². The molecule has 82 valence electrons. The molecular formula is C9H7F4NS. The fraction of sp³-hybridized carbons (Fsp3) is 0.333. The van der Waals surface area contributed by atoms with Crippen molar-refractivity contribution in [2.75, 3.05) is 0 Å². The highest BCUT2D eigenvalue weighted by Gasteiger charge is 2.35. The van der Waals surface area contributed by atoms with Crippen molar-refractivity contribution in [1.29, 1.82) is 0 Å². The molecule has 0 amide bonds. The van der Waals surface area contributed by atoms with E-state index in [4.69, 9.17) is 0 Å². The highest BCUT2D eigenvalue weighted by Crippen LogP contribution is 2.35. The van der Waals surface area contributed by atoms with Gasteiger partial charge in [-0.2, -0.15) is 13.2 Å². The van der Waals surface area contributed by atoms with Crippen LogP contribution in [0.2, 0.25) is 0 Å². The lowest BCUT2D eigenvalue weighted by molar-refractivity contribution is -0.140. The molecule has 1 heterocycles. The molecule has 6 heteroatoms. The maximum atomic E-state index is 13.1. The Kier molecular flexibility index (Phi) is 2.42. The van der Waals surface area contributed by atoms with Crippen LogP contribution in [0.1, 0.15) is 16.7 Å². The molecule has 0 radical (unpaired) electrons. The lowest BCUT2D eigenvalue weighted by Crippen LogP contribution is -2.09. The first kappa shape index (κ1) is 10.8. The zero-order chi connectivity index (χ0) is 11.2. The second kappa shape index (κ2) is 3.38. The van der Waals surface area contributed by atoms with Crippen molar-refractivity contribution in [1.82, 2.24) is 4.31 Å². The number of benzene rings is 1.